The number of aliphatic hydroxyl groups excluding tert-OH is 1. The lowest BCUT2D eigenvalue weighted by molar-refractivity contribution is -0.147. The number of hydrogen-bond acceptors (Lipinski definition) is 5. The lowest BCUT2D eigenvalue weighted by Gasteiger charge is -2.12. The van der Waals surface area contributed by atoms with Gasteiger partial charge in [0.05, 0.1) is 6.61 Å². The number of phosphoric ester groups is 1. The molecule has 0 radical (unpaired) electrons. The summed E-state index contributed by atoms with van der Waals surface area (Å²) >= 11 is 0. The molecule has 0 aliphatic heterocycles. The Hall–Kier alpha value is -1.24. The quantitative estimate of drug-likeness (QED) is 0.126. The third-order valence-electron chi connectivity index (χ3n) is 3.90. The van der Waals surface area contributed by atoms with Gasteiger partial charge in [-0.25, -0.2) is 4.57 Å². The maximum atomic E-state index is 11.5. The van der Waals surface area contributed by atoms with Gasteiger partial charge >= 0.3 is 13.8 Å². The third kappa shape index (κ3) is 22.9. The van der Waals surface area contributed by atoms with Gasteiger partial charge in [0, 0.05) is 6.42 Å². The Morgan fingerprint density at radius 1 is 0.897 bits per heavy atom. The van der Waals surface area contributed by atoms with E-state index in [0.29, 0.717) is 0 Å². The normalized spacial score (nSPS) is 13.7. The molecule has 0 aliphatic carbocycles. The third-order valence-corrected chi connectivity index (χ3v) is 4.39. The van der Waals surface area contributed by atoms with E-state index >= 15 is 0 Å². The standard InChI is InChI=1S/C21H37O7P/c1-2-3-4-5-6-7-8-9-10-11-12-13-14-15-16-17-21(23)27-18-20(22)19-28-29(24,25)26/h3-4,6-7,9-10,20,22H,2,5,8,11-19H2,1H3,(H2,24,25,26)/b4-3-,7-6-,10-9+/t20-/m1/s1. The molecular formula is C21H37O7P. The number of rotatable bonds is 18. The molecule has 8 heteroatoms. The average molecular weight is 432 g/mol. The number of unbranched alkanes of at least 4 members (excludes halogenated alkanes) is 5. The van der Waals surface area contributed by atoms with Gasteiger partial charge in [-0.1, -0.05) is 62.6 Å². The zero-order chi connectivity index (χ0) is 21.8. The number of ether oxygens (including phenoxy) is 1. The zero-order valence-electron chi connectivity index (χ0n) is 17.4. The number of allylic oxidation sites excluding steroid dienone is 6. The molecule has 0 aliphatic rings. The van der Waals surface area contributed by atoms with Crippen molar-refractivity contribution >= 4 is 13.8 Å². The van der Waals surface area contributed by atoms with Gasteiger partial charge in [0.15, 0.2) is 0 Å². The smallest absolute Gasteiger partial charge is 0.463 e. The molecule has 29 heavy (non-hydrogen) atoms. The second kappa shape index (κ2) is 18.8. The van der Waals surface area contributed by atoms with Crippen LogP contribution in [0.25, 0.3) is 0 Å². The fraction of sp³-hybridized carbons (Fsp3) is 0.667. The van der Waals surface area contributed by atoms with Crippen molar-refractivity contribution in [3.05, 3.63) is 36.5 Å². The minimum Gasteiger partial charge on any atom is -0.463 e. The lowest BCUT2D eigenvalue weighted by Crippen LogP contribution is -2.23. The molecule has 0 saturated heterocycles. The summed E-state index contributed by atoms with van der Waals surface area (Å²) in [4.78, 5) is 28.6. The maximum absolute atomic E-state index is 11.5. The van der Waals surface area contributed by atoms with Crippen LogP contribution in [0.4, 0.5) is 0 Å². The van der Waals surface area contributed by atoms with Crippen molar-refractivity contribution in [2.24, 2.45) is 0 Å². The molecule has 168 valence electrons. The molecule has 3 N–H and O–H groups in total. The predicted octanol–water partition coefficient (Wildman–Crippen LogP) is 4.59. The Labute approximate surface area is 174 Å². The van der Waals surface area contributed by atoms with Gasteiger partial charge in [0.2, 0.25) is 0 Å². The van der Waals surface area contributed by atoms with Gasteiger partial charge in [-0.15, -0.1) is 0 Å². The molecule has 0 bridgehead atoms. The van der Waals surface area contributed by atoms with Crippen molar-refractivity contribution in [2.75, 3.05) is 13.2 Å². The first-order valence-electron chi connectivity index (χ1n) is 10.3. The number of esters is 1. The van der Waals surface area contributed by atoms with E-state index in [1.807, 2.05) is 0 Å². The van der Waals surface area contributed by atoms with Crippen LogP contribution in [0.2, 0.25) is 0 Å². The number of hydrogen-bond donors (Lipinski definition) is 3. The SMILES string of the molecule is CC/C=C\C/C=C\C/C=C/CCCCCCCC(=O)OC[C@@H](O)COP(=O)(O)O. The molecule has 1 atom stereocenters. The molecule has 7 nitrogen and oxygen atoms in total. The largest absolute Gasteiger partial charge is 0.469 e. The molecule has 0 amide bonds. The zero-order valence-corrected chi connectivity index (χ0v) is 18.3. The van der Waals surface area contributed by atoms with Crippen LogP contribution in [-0.4, -0.2) is 40.2 Å². The van der Waals surface area contributed by atoms with Crippen molar-refractivity contribution in [2.45, 2.75) is 77.2 Å². The number of carbonyl (C=O) groups excluding carboxylic acids is 1. The van der Waals surface area contributed by atoms with E-state index in [2.05, 4.69) is 47.9 Å². The second-order valence-electron chi connectivity index (χ2n) is 6.72. The molecule has 0 saturated carbocycles. The number of phosphoric acid groups is 1. The van der Waals surface area contributed by atoms with Crippen LogP contribution in [0.3, 0.4) is 0 Å². The fourth-order valence-corrected chi connectivity index (χ4v) is 2.75. The Balaban J connectivity index is 3.47. The van der Waals surface area contributed by atoms with E-state index in [9.17, 15) is 14.5 Å². The van der Waals surface area contributed by atoms with E-state index in [4.69, 9.17) is 14.5 Å². The first-order valence-corrected chi connectivity index (χ1v) is 11.9. The van der Waals surface area contributed by atoms with Gasteiger partial charge in [-0.2, -0.15) is 0 Å². The molecule has 0 aromatic heterocycles. The van der Waals surface area contributed by atoms with Crippen molar-refractivity contribution < 1.29 is 33.5 Å². The minimum atomic E-state index is -4.62. The van der Waals surface area contributed by atoms with Crippen LogP contribution in [0.15, 0.2) is 36.5 Å². The highest BCUT2D eigenvalue weighted by molar-refractivity contribution is 7.46. The molecule has 0 spiro atoms. The summed E-state index contributed by atoms with van der Waals surface area (Å²) in [5.74, 6) is -0.429. The van der Waals surface area contributed by atoms with Crippen LogP contribution in [0, 0.1) is 0 Å². The summed E-state index contributed by atoms with van der Waals surface area (Å²) in [5.41, 5.74) is 0. The Morgan fingerprint density at radius 2 is 1.48 bits per heavy atom. The van der Waals surface area contributed by atoms with Crippen LogP contribution in [0.1, 0.15) is 71.1 Å². The van der Waals surface area contributed by atoms with E-state index in [-0.39, 0.29) is 13.0 Å². The first kappa shape index (κ1) is 27.8. The maximum Gasteiger partial charge on any atom is 0.469 e. The average Bonchev–Trinajstić information content (AvgIpc) is 2.67. The Morgan fingerprint density at radius 3 is 2.14 bits per heavy atom. The van der Waals surface area contributed by atoms with Crippen molar-refractivity contribution in [3.63, 3.8) is 0 Å². The monoisotopic (exact) mass is 432 g/mol. The van der Waals surface area contributed by atoms with Crippen molar-refractivity contribution in [3.8, 4) is 0 Å². The molecule has 0 rings (SSSR count). The minimum absolute atomic E-state index is 0.270. The summed E-state index contributed by atoms with van der Waals surface area (Å²) < 4.78 is 19.5. The highest BCUT2D eigenvalue weighted by Crippen LogP contribution is 2.35. The van der Waals surface area contributed by atoms with Gasteiger partial charge in [0.25, 0.3) is 0 Å². The summed E-state index contributed by atoms with van der Waals surface area (Å²) in [5, 5.41) is 9.41. The molecular weight excluding hydrogens is 395 g/mol. The second-order valence-corrected chi connectivity index (χ2v) is 7.96. The summed E-state index contributed by atoms with van der Waals surface area (Å²) in [7, 11) is -4.62. The van der Waals surface area contributed by atoms with Gasteiger partial charge in [0.1, 0.15) is 12.7 Å². The summed E-state index contributed by atoms with van der Waals surface area (Å²) in [6.45, 7) is 1.21. The molecule has 0 heterocycles. The van der Waals surface area contributed by atoms with Gasteiger partial charge < -0.3 is 19.6 Å². The number of carbonyl (C=O) groups is 1. The van der Waals surface area contributed by atoms with Gasteiger partial charge in [-0.3, -0.25) is 9.32 Å². The molecule has 0 aromatic carbocycles. The van der Waals surface area contributed by atoms with E-state index in [0.717, 1.165) is 57.8 Å². The first-order chi connectivity index (χ1) is 13.8. The van der Waals surface area contributed by atoms with E-state index < -0.39 is 26.5 Å². The van der Waals surface area contributed by atoms with Crippen molar-refractivity contribution in [1.29, 1.82) is 0 Å². The highest BCUT2D eigenvalue weighted by atomic mass is 31.2. The highest BCUT2D eigenvalue weighted by Gasteiger charge is 2.17. The molecule has 0 aromatic rings. The van der Waals surface area contributed by atoms with Crippen molar-refractivity contribution in [1.82, 2.24) is 0 Å². The molecule has 0 fully saturated rings. The van der Waals surface area contributed by atoms with Gasteiger partial charge in [-0.05, 0) is 38.5 Å². The summed E-state index contributed by atoms with van der Waals surface area (Å²) in [6.07, 6.45) is 21.2. The summed E-state index contributed by atoms with van der Waals surface area (Å²) in [6, 6.07) is 0. The number of aliphatic hydroxyl groups is 1. The van der Waals surface area contributed by atoms with E-state index in [1.54, 1.807) is 0 Å². The Bertz CT molecular complexity index is 537. The van der Waals surface area contributed by atoms with Crippen LogP contribution in [0.5, 0.6) is 0 Å². The van der Waals surface area contributed by atoms with Crippen LogP contribution < -0.4 is 0 Å². The van der Waals surface area contributed by atoms with E-state index in [1.165, 1.54) is 0 Å². The fourth-order valence-electron chi connectivity index (χ4n) is 2.38. The van der Waals surface area contributed by atoms with Crippen LogP contribution in [-0.2, 0) is 18.6 Å². The molecule has 0 unspecified atom stereocenters. The van der Waals surface area contributed by atoms with Crippen LogP contribution >= 0.6 is 7.82 Å². The predicted molar refractivity (Wildman–Crippen MR) is 114 cm³/mol. The lowest BCUT2D eigenvalue weighted by atomic mass is 10.1. The topological polar surface area (TPSA) is 113 Å². The Kier molecular flexibility index (Phi) is 18.0.